The molecule has 1 saturated heterocycles. The molecular weight excluding hydrogens is 414 g/mol. The van der Waals surface area contributed by atoms with E-state index in [1.807, 2.05) is 49.5 Å². The lowest BCUT2D eigenvalue weighted by atomic mass is 9.93. The Bertz CT molecular complexity index is 1330. The molecular formula is C26H25N5O2. The number of nitrogens with zero attached hydrogens (tertiary/aromatic N) is 5. The van der Waals surface area contributed by atoms with Gasteiger partial charge >= 0.3 is 0 Å². The third-order valence-electron chi connectivity index (χ3n) is 6.21. The van der Waals surface area contributed by atoms with Gasteiger partial charge in [0.1, 0.15) is 11.6 Å². The summed E-state index contributed by atoms with van der Waals surface area (Å²) in [4.78, 5) is 34.7. The van der Waals surface area contributed by atoms with Gasteiger partial charge in [-0.1, -0.05) is 54.6 Å². The predicted octanol–water partition coefficient (Wildman–Crippen LogP) is 3.23. The quantitative estimate of drug-likeness (QED) is 0.490. The Kier molecular flexibility index (Phi) is 5.38. The van der Waals surface area contributed by atoms with Gasteiger partial charge in [-0.05, 0) is 29.2 Å². The average Bonchev–Trinajstić information content (AvgIpc) is 3.25. The first-order valence-electron chi connectivity index (χ1n) is 11.0. The molecule has 0 spiro atoms. The van der Waals surface area contributed by atoms with Gasteiger partial charge in [-0.15, -0.1) is 0 Å². The molecule has 0 radical (unpaired) electrons. The molecule has 4 aromatic rings. The summed E-state index contributed by atoms with van der Waals surface area (Å²) in [5.41, 5.74) is 5.05. The number of aromatic nitrogens is 3. The van der Waals surface area contributed by atoms with Crippen molar-refractivity contribution in [2.45, 2.75) is 19.4 Å². The van der Waals surface area contributed by atoms with Gasteiger partial charge in [0, 0.05) is 39.0 Å². The second-order valence-corrected chi connectivity index (χ2v) is 8.46. The second kappa shape index (κ2) is 8.50. The van der Waals surface area contributed by atoms with E-state index in [0.29, 0.717) is 30.7 Å². The zero-order valence-corrected chi connectivity index (χ0v) is 18.7. The minimum Gasteiger partial charge on any atom is -0.342 e. The first kappa shape index (κ1) is 20.9. The van der Waals surface area contributed by atoms with Crippen LogP contribution in [0.4, 0.5) is 0 Å². The van der Waals surface area contributed by atoms with E-state index in [0.717, 1.165) is 22.3 Å². The predicted molar refractivity (Wildman–Crippen MR) is 126 cm³/mol. The number of carbonyl (C=O) groups is 2. The Morgan fingerprint density at radius 2 is 1.79 bits per heavy atom. The number of benzene rings is 2. The molecule has 1 aliphatic heterocycles. The Morgan fingerprint density at radius 1 is 1.03 bits per heavy atom. The van der Waals surface area contributed by atoms with Crippen LogP contribution < -0.4 is 0 Å². The zero-order chi connectivity index (χ0) is 22.9. The number of piperazine rings is 1. The first-order chi connectivity index (χ1) is 16.0. The highest BCUT2D eigenvalue weighted by atomic mass is 16.2. The monoisotopic (exact) mass is 439 g/mol. The lowest BCUT2D eigenvalue weighted by molar-refractivity contribution is -0.138. The molecule has 5 rings (SSSR count). The van der Waals surface area contributed by atoms with Gasteiger partial charge in [-0.2, -0.15) is 5.10 Å². The Morgan fingerprint density at radius 3 is 2.61 bits per heavy atom. The van der Waals surface area contributed by atoms with Crippen molar-refractivity contribution in [2.75, 3.05) is 20.1 Å². The summed E-state index contributed by atoms with van der Waals surface area (Å²) in [7, 11) is 1.79. The minimum atomic E-state index is -0.596. The smallest absolute Gasteiger partial charge is 0.260 e. The highest BCUT2D eigenvalue weighted by molar-refractivity contribution is 6.02. The van der Waals surface area contributed by atoms with Crippen LogP contribution in [0.2, 0.25) is 0 Å². The molecule has 0 saturated carbocycles. The topological polar surface area (TPSA) is 70.8 Å². The van der Waals surface area contributed by atoms with Crippen LogP contribution in [0.15, 0.2) is 73.2 Å². The van der Waals surface area contributed by atoms with E-state index in [2.05, 4.69) is 28.3 Å². The molecule has 166 valence electrons. The summed E-state index contributed by atoms with van der Waals surface area (Å²) >= 11 is 0. The van der Waals surface area contributed by atoms with E-state index in [1.165, 1.54) is 0 Å². The van der Waals surface area contributed by atoms with Crippen LogP contribution in [-0.4, -0.2) is 62.4 Å². The molecule has 1 aliphatic rings. The van der Waals surface area contributed by atoms with E-state index in [9.17, 15) is 9.59 Å². The average molecular weight is 440 g/mol. The fourth-order valence-corrected chi connectivity index (χ4v) is 4.43. The summed E-state index contributed by atoms with van der Waals surface area (Å²) < 4.78 is 1.61. The van der Waals surface area contributed by atoms with Gasteiger partial charge < -0.3 is 9.80 Å². The molecule has 2 aromatic carbocycles. The van der Waals surface area contributed by atoms with Crippen LogP contribution in [0.1, 0.15) is 21.5 Å². The maximum Gasteiger partial charge on any atom is 0.260 e. The van der Waals surface area contributed by atoms with Crippen molar-refractivity contribution in [3.05, 3.63) is 89.9 Å². The van der Waals surface area contributed by atoms with Gasteiger partial charge in [0.15, 0.2) is 5.65 Å². The summed E-state index contributed by atoms with van der Waals surface area (Å²) in [5.74, 6) is -0.275. The minimum absolute atomic E-state index is 0.0576. The molecule has 0 N–H and O–H groups in total. The first-order valence-corrected chi connectivity index (χ1v) is 11.0. The molecule has 7 heteroatoms. The highest BCUT2D eigenvalue weighted by Crippen LogP contribution is 2.27. The Labute approximate surface area is 192 Å². The van der Waals surface area contributed by atoms with E-state index < -0.39 is 6.04 Å². The standard InChI is InChI=1S/C26H25N5O2/c1-18-15-27-24-22(16-28-31(24)17-18)25(32)30-13-12-29(2)26(33)23(30)14-20-10-6-7-11-21(20)19-8-4-3-5-9-19/h3-11,15-17,23H,12-14H2,1-2H3. The fourth-order valence-electron chi connectivity index (χ4n) is 4.43. The molecule has 0 bridgehead atoms. The number of likely N-dealkylation sites (N-methyl/N-ethyl adjacent to an activating group) is 1. The van der Waals surface area contributed by atoms with Gasteiger partial charge in [-0.3, -0.25) is 9.59 Å². The van der Waals surface area contributed by atoms with Crippen LogP contribution >= 0.6 is 0 Å². The third-order valence-corrected chi connectivity index (χ3v) is 6.21. The van der Waals surface area contributed by atoms with Crippen LogP contribution in [0.5, 0.6) is 0 Å². The van der Waals surface area contributed by atoms with E-state index in [4.69, 9.17) is 0 Å². The largest absolute Gasteiger partial charge is 0.342 e. The Hall–Kier alpha value is -4.00. The maximum absolute atomic E-state index is 13.6. The molecule has 0 aliphatic carbocycles. The molecule has 2 aromatic heterocycles. The van der Waals surface area contributed by atoms with Crippen LogP contribution in [0.25, 0.3) is 16.8 Å². The van der Waals surface area contributed by atoms with Crippen LogP contribution in [0.3, 0.4) is 0 Å². The summed E-state index contributed by atoms with van der Waals surface area (Å²) in [5, 5.41) is 4.30. The fraction of sp³-hybridized carbons (Fsp3) is 0.231. The summed E-state index contributed by atoms with van der Waals surface area (Å²) in [6.07, 6.45) is 5.53. The normalized spacial score (nSPS) is 16.4. The third kappa shape index (κ3) is 3.86. The van der Waals surface area contributed by atoms with Crippen molar-refractivity contribution in [1.29, 1.82) is 0 Å². The van der Waals surface area contributed by atoms with Gasteiger partial charge in [-0.25, -0.2) is 9.50 Å². The van der Waals surface area contributed by atoms with Gasteiger partial charge in [0.2, 0.25) is 5.91 Å². The van der Waals surface area contributed by atoms with Gasteiger partial charge in [0.05, 0.1) is 6.20 Å². The van der Waals surface area contributed by atoms with E-state index >= 15 is 0 Å². The number of rotatable bonds is 4. The lowest BCUT2D eigenvalue weighted by Crippen LogP contribution is -2.58. The SMILES string of the molecule is Cc1cnc2c(C(=O)N3CCN(C)C(=O)C3Cc3ccccc3-c3ccccc3)cnn2c1. The molecule has 1 atom stereocenters. The number of carbonyl (C=O) groups excluding carboxylic acids is 2. The molecule has 3 heterocycles. The number of aryl methyl sites for hydroxylation is 1. The van der Waals surface area contributed by atoms with Crippen molar-refractivity contribution in [1.82, 2.24) is 24.4 Å². The van der Waals surface area contributed by atoms with Gasteiger partial charge in [0.25, 0.3) is 5.91 Å². The van der Waals surface area contributed by atoms with E-state index in [1.54, 1.807) is 33.8 Å². The summed E-state index contributed by atoms with van der Waals surface area (Å²) in [6.45, 7) is 2.88. The van der Waals surface area contributed by atoms with Crippen molar-refractivity contribution < 1.29 is 9.59 Å². The second-order valence-electron chi connectivity index (χ2n) is 8.46. The number of hydrogen-bond acceptors (Lipinski definition) is 4. The van der Waals surface area contributed by atoms with Crippen molar-refractivity contribution >= 4 is 17.5 Å². The zero-order valence-electron chi connectivity index (χ0n) is 18.7. The van der Waals surface area contributed by atoms with Crippen molar-refractivity contribution in [2.24, 2.45) is 0 Å². The highest BCUT2D eigenvalue weighted by Gasteiger charge is 2.37. The maximum atomic E-state index is 13.6. The molecule has 7 nitrogen and oxygen atoms in total. The summed E-state index contributed by atoms with van der Waals surface area (Å²) in [6, 6.07) is 17.6. The van der Waals surface area contributed by atoms with E-state index in [-0.39, 0.29) is 11.8 Å². The number of hydrogen-bond donors (Lipinski definition) is 0. The molecule has 1 fully saturated rings. The lowest BCUT2D eigenvalue weighted by Gasteiger charge is -2.39. The van der Waals surface area contributed by atoms with Crippen molar-refractivity contribution in [3.8, 4) is 11.1 Å². The molecule has 2 amide bonds. The van der Waals surface area contributed by atoms with Crippen LogP contribution in [0, 0.1) is 6.92 Å². The van der Waals surface area contributed by atoms with Crippen molar-refractivity contribution in [3.63, 3.8) is 0 Å². The number of amides is 2. The Balaban J connectivity index is 1.51. The molecule has 1 unspecified atom stereocenters. The molecule has 33 heavy (non-hydrogen) atoms. The van der Waals surface area contributed by atoms with Crippen LogP contribution in [-0.2, 0) is 11.2 Å². The number of fused-ring (bicyclic) bond motifs is 1.